The molecule has 2 saturated heterocycles. The Morgan fingerprint density at radius 2 is 1.52 bits per heavy atom. The van der Waals surface area contributed by atoms with Crippen LogP contribution < -0.4 is 5.32 Å². The third-order valence-corrected chi connectivity index (χ3v) is 7.40. The number of phenols is 2. The molecule has 2 aromatic carbocycles. The second-order valence-corrected chi connectivity index (χ2v) is 10.5. The van der Waals surface area contributed by atoms with Crippen molar-refractivity contribution in [2.45, 2.75) is 40.2 Å². The SMILES string of the molecule is CC.CC(C)c1cc(-c2nnc(C(=O)NCCN3CCOCC3)n2-c2ccc(CN3CCOCC3)cc2)c(O)cc1O. The van der Waals surface area contributed by atoms with Gasteiger partial charge in [-0.2, -0.15) is 0 Å². The van der Waals surface area contributed by atoms with E-state index < -0.39 is 0 Å². The molecule has 1 amide bonds. The number of nitrogens with one attached hydrogen (secondary N) is 1. The third-order valence-electron chi connectivity index (χ3n) is 7.40. The number of morpholine rings is 2. The largest absolute Gasteiger partial charge is 0.508 e. The molecule has 0 atom stereocenters. The number of benzene rings is 2. The van der Waals surface area contributed by atoms with E-state index in [1.807, 2.05) is 52.0 Å². The van der Waals surface area contributed by atoms with Crippen molar-refractivity contribution in [3.05, 3.63) is 53.3 Å². The Kier molecular flexibility index (Phi) is 11.3. The van der Waals surface area contributed by atoms with Crippen molar-refractivity contribution in [3.8, 4) is 28.6 Å². The average Bonchev–Trinajstić information content (AvgIpc) is 3.44. The topological polar surface area (TPSA) is 125 Å². The van der Waals surface area contributed by atoms with Crippen LogP contribution in [0, 0.1) is 0 Å². The highest BCUT2D eigenvalue weighted by molar-refractivity contribution is 5.92. The Morgan fingerprint density at radius 1 is 0.905 bits per heavy atom. The molecule has 2 aliphatic heterocycles. The first-order chi connectivity index (χ1) is 20.4. The van der Waals surface area contributed by atoms with Crippen molar-refractivity contribution < 1.29 is 24.5 Å². The average molecular weight is 581 g/mol. The zero-order valence-electron chi connectivity index (χ0n) is 25.2. The second kappa shape index (κ2) is 15.1. The summed E-state index contributed by atoms with van der Waals surface area (Å²) in [5, 5.41) is 32.8. The summed E-state index contributed by atoms with van der Waals surface area (Å²) in [5.41, 5.74) is 2.90. The van der Waals surface area contributed by atoms with Crippen molar-refractivity contribution in [2.75, 3.05) is 65.7 Å². The molecule has 5 rings (SSSR count). The molecule has 0 unspecified atom stereocenters. The Hall–Kier alpha value is -3.51. The van der Waals surface area contributed by atoms with Gasteiger partial charge in [-0.1, -0.05) is 39.8 Å². The van der Waals surface area contributed by atoms with Crippen LogP contribution in [0.1, 0.15) is 55.4 Å². The van der Waals surface area contributed by atoms with Gasteiger partial charge in [-0.15, -0.1) is 10.2 Å². The summed E-state index contributed by atoms with van der Waals surface area (Å²) >= 11 is 0. The lowest BCUT2D eigenvalue weighted by molar-refractivity contribution is 0.0342. The van der Waals surface area contributed by atoms with Gasteiger partial charge in [0.25, 0.3) is 5.91 Å². The smallest absolute Gasteiger partial charge is 0.289 e. The number of hydrogen-bond acceptors (Lipinski definition) is 9. The van der Waals surface area contributed by atoms with Crippen molar-refractivity contribution in [1.29, 1.82) is 0 Å². The summed E-state index contributed by atoms with van der Waals surface area (Å²) < 4.78 is 12.5. The van der Waals surface area contributed by atoms with Gasteiger partial charge in [-0.05, 0) is 35.2 Å². The maximum absolute atomic E-state index is 13.4. The molecule has 3 N–H and O–H groups in total. The van der Waals surface area contributed by atoms with Gasteiger partial charge in [0.05, 0.1) is 32.0 Å². The molecule has 2 aliphatic rings. The van der Waals surface area contributed by atoms with Crippen LogP contribution >= 0.6 is 0 Å². The first kappa shape index (κ1) is 31.4. The molecule has 2 fully saturated rings. The van der Waals surface area contributed by atoms with E-state index in [4.69, 9.17) is 9.47 Å². The fourth-order valence-corrected chi connectivity index (χ4v) is 5.09. The normalized spacial score (nSPS) is 16.2. The van der Waals surface area contributed by atoms with Crippen LogP contribution in [0.3, 0.4) is 0 Å². The molecular weight excluding hydrogens is 536 g/mol. The van der Waals surface area contributed by atoms with E-state index in [-0.39, 0.29) is 29.1 Å². The van der Waals surface area contributed by atoms with E-state index in [0.717, 1.165) is 51.5 Å². The lowest BCUT2D eigenvalue weighted by Gasteiger charge is -2.26. The monoisotopic (exact) mass is 580 g/mol. The van der Waals surface area contributed by atoms with Gasteiger partial charge in [0, 0.05) is 57.6 Å². The highest BCUT2D eigenvalue weighted by Gasteiger charge is 2.25. The number of aromatic nitrogens is 3. The number of carbonyl (C=O) groups is 1. The van der Waals surface area contributed by atoms with E-state index in [1.165, 1.54) is 6.07 Å². The predicted molar refractivity (Wildman–Crippen MR) is 161 cm³/mol. The molecular formula is C31H44N6O5. The number of nitrogens with zero attached hydrogens (tertiary/aromatic N) is 5. The van der Waals surface area contributed by atoms with Crippen LogP contribution in [-0.2, 0) is 16.0 Å². The Morgan fingerprint density at radius 3 is 2.14 bits per heavy atom. The Labute approximate surface area is 248 Å². The Bertz CT molecular complexity index is 1300. The van der Waals surface area contributed by atoms with E-state index in [2.05, 4.69) is 25.3 Å². The Balaban J connectivity index is 0.00000198. The molecule has 11 heteroatoms. The number of amides is 1. The van der Waals surface area contributed by atoms with Crippen LogP contribution in [-0.4, -0.2) is 106 Å². The number of carbonyl (C=O) groups excluding carboxylic acids is 1. The van der Waals surface area contributed by atoms with Gasteiger partial charge in [0.15, 0.2) is 5.82 Å². The summed E-state index contributed by atoms with van der Waals surface area (Å²) in [7, 11) is 0. The lowest BCUT2D eigenvalue weighted by Crippen LogP contribution is -2.41. The zero-order valence-corrected chi connectivity index (χ0v) is 25.2. The maximum atomic E-state index is 13.4. The van der Waals surface area contributed by atoms with Crippen LogP contribution in [0.2, 0.25) is 0 Å². The molecule has 0 bridgehead atoms. The van der Waals surface area contributed by atoms with Gasteiger partial charge in [0.1, 0.15) is 11.5 Å². The van der Waals surface area contributed by atoms with Crippen molar-refractivity contribution in [3.63, 3.8) is 0 Å². The molecule has 0 aliphatic carbocycles. The standard InChI is InChI=1S/C29H38N6O5.C2H6/c1-20(2)23-17-24(26(37)18-25(23)36)27-31-32-28(29(38)30-7-8-33-9-13-39-14-10-33)35(27)22-5-3-21(4-6-22)19-34-11-15-40-16-12-34;1-2/h3-6,17-18,20,36-37H,7-16,19H2,1-2H3,(H,30,38);1-2H3. The number of aromatic hydroxyl groups is 2. The minimum atomic E-state index is -0.355. The van der Waals surface area contributed by atoms with Crippen LogP contribution in [0.25, 0.3) is 17.1 Å². The number of hydrogen-bond donors (Lipinski definition) is 3. The number of ether oxygens (including phenoxy) is 2. The van der Waals surface area contributed by atoms with Gasteiger partial charge < -0.3 is 25.0 Å². The van der Waals surface area contributed by atoms with Crippen molar-refractivity contribution >= 4 is 5.91 Å². The summed E-state index contributed by atoms with van der Waals surface area (Å²) in [6.45, 7) is 16.2. The van der Waals surface area contributed by atoms with Crippen molar-refractivity contribution in [2.24, 2.45) is 0 Å². The fourth-order valence-electron chi connectivity index (χ4n) is 5.09. The minimum Gasteiger partial charge on any atom is -0.508 e. The third kappa shape index (κ3) is 7.65. The highest BCUT2D eigenvalue weighted by atomic mass is 16.5. The van der Waals surface area contributed by atoms with E-state index in [1.54, 1.807) is 10.6 Å². The molecule has 3 aromatic rings. The van der Waals surface area contributed by atoms with Crippen molar-refractivity contribution in [1.82, 2.24) is 29.9 Å². The molecule has 3 heterocycles. The highest BCUT2D eigenvalue weighted by Crippen LogP contribution is 2.38. The van der Waals surface area contributed by atoms with E-state index in [9.17, 15) is 15.0 Å². The molecule has 1 aromatic heterocycles. The van der Waals surface area contributed by atoms with E-state index in [0.29, 0.717) is 48.9 Å². The number of phenolic OH excluding ortho intramolecular Hbond substituents is 2. The molecule has 11 nitrogen and oxygen atoms in total. The van der Waals surface area contributed by atoms with Gasteiger partial charge in [-0.25, -0.2) is 0 Å². The first-order valence-electron chi connectivity index (χ1n) is 14.9. The summed E-state index contributed by atoms with van der Waals surface area (Å²) in [4.78, 5) is 18.0. The molecule has 0 spiro atoms. The van der Waals surface area contributed by atoms with Gasteiger partial charge in [-0.3, -0.25) is 19.2 Å². The molecule has 42 heavy (non-hydrogen) atoms. The fraction of sp³-hybridized carbons (Fsp3) is 0.516. The van der Waals surface area contributed by atoms with Gasteiger partial charge in [0.2, 0.25) is 5.82 Å². The second-order valence-electron chi connectivity index (χ2n) is 10.5. The van der Waals surface area contributed by atoms with Crippen LogP contribution in [0.15, 0.2) is 36.4 Å². The van der Waals surface area contributed by atoms with Crippen LogP contribution in [0.5, 0.6) is 11.5 Å². The van der Waals surface area contributed by atoms with E-state index >= 15 is 0 Å². The molecule has 228 valence electrons. The summed E-state index contributed by atoms with van der Waals surface area (Å²) in [6.07, 6.45) is 0. The minimum absolute atomic E-state index is 0.0101. The summed E-state index contributed by atoms with van der Waals surface area (Å²) in [6, 6.07) is 11.0. The quantitative estimate of drug-likeness (QED) is 0.349. The van der Waals surface area contributed by atoms with Crippen LogP contribution in [0.4, 0.5) is 0 Å². The first-order valence-corrected chi connectivity index (χ1v) is 14.9. The zero-order chi connectivity index (χ0) is 30.1. The lowest BCUT2D eigenvalue weighted by atomic mass is 9.98. The molecule has 0 saturated carbocycles. The predicted octanol–water partition coefficient (Wildman–Crippen LogP) is 3.39. The number of rotatable bonds is 9. The summed E-state index contributed by atoms with van der Waals surface area (Å²) in [5.74, 6) is -0.0327. The maximum Gasteiger partial charge on any atom is 0.289 e. The van der Waals surface area contributed by atoms with Gasteiger partial charge >= 0.3 is 0 Å². The molecule has 0 radical (unpaired) electrons.